The molecule has 2 aromatic heterocycles. The van der Waals surface area contributed by atoms with E-state index in [2.05, 4.69) is 19.4 Å². The second-order valence-electron chi connectivity index (χ2n) is 7.47. The van der Waals surface area contributed by atoms with Crippen molar-refractivity contribution in [1.29, 1.82) is 0 Å². The van der Waals surface area contributed by atoms with Crippen molar-refractivity contribution in [1.82, 2.24) is 19.4 Å². The average Bonchev–Trinajstić information content (AvgIpc) is 3.18. The van der Waals surface area contributed by atoms with Gasteiger partial charge in [-0.05, 0) is 50.5 Å². The van der Waals surface area contributed by atoms with Crippen LogP contribution in [0, 0.1) is 5.82 Å². The number of imidazole rings is 1. The van der Waals surface area contributed by atoms with Crippen molar-refractivity contribution < 1.29 is 13.9 Å². The normalized spacial score (nSPS) is 15.6. The van der Waals surface area contributed by atoms with Gasteiger partial charge >= 0.3 is 0 Å². The predicted molar refractivity (Wildman–Crippen MR) is 113 cm³/mol. The number of hydrogen-bond donors (Lipinski definition) is 1. The van der Waals surface area contributed by atoms with Gasteiger partial charge < -0.3 is 19.0 Å². The molecule has 0 unspecified atom stereocenters. The topological polar surface area (TPSA) is 72.4 Å². The van der Waals surface area contributed by atoms with E-state index in [0.29, 0.717) is 31.3 Å². The maximum absolute atomic E-state index is 14.5. The molecule has 0 aliphatic carbocycles. The van der Waals surface area contributed by atoms with E-state index in [9.17, 15) is 9.18 Å². The summed E-state index contributed by atoms with van der Waals surface area (Å²) in [5.74, 6) is 0.0371. The van der Waals surface area contributed by atoms with Crippen LogP contribution < -0.4 is 15.0 Å². The first-order valence-electron chi connectivity index (χ1n) is 10.4. The SMILES string of the molecule is CCOc1cc(CN2CCC(n3cnc4c(=O)[nH]ccc43)CC2)cc(OCC)c1F. The number of pyridine rings is 1. The van der Waals surface area contributed by atoms with Gasteiger partial charge in [0.05, 0.1) is 25.1 Å². The van der Waals surface area contributed by atoms with E-state index in [-0.39, 0.29) is 17.1 Å². The molecule has 0 spiro atoms. The first-order chi connectivity index (χ1) is 14.6. The minimum absolute atomic E-state index is 0.157. The second-order valence-corrected chi connectivity index (χ2v) is 7.47. The summed E-state index contributed by atoms with van der Waals surface area (Å²) in [6, 6.07) is 5.74. The Morgan fingerprint density at radius 2 is 1.83 bits per heavy atom. The van der Waals surface area contributed by atoms with Gasteiger partial charge in [-0.3, -0.25) is 9.69 Å². The molecule has 0 saturated carbocycles. The Hall–Kier alpha value is -2.87. The first-order valence-corrected chi connectivity index (χ1v) is 10.4. The van der Waals surface area contributed by atoms with E-state index in [4.69, 9.17) is 9.47 Å². The molecule has 1 aliphatic heterocycles. The van der Waals surface area contributed by atoms with Gasteiger partial charge in [-0.1, -0.05) is 0 Å². The van der Waals surface area contributed by atoms with Crippen LogP contribution in [0.2, 0.25) is 0 Å². The number of rotatable bonds is 7. The van der Waals surface area contributed by atoms with Gasteiger partial charge in [0.1, 0.15) is 0 Å². The van der Waals surface area contributed by atoms with Crippen LogP contribution in [0.1, 0.15) is 38.3 Å². The highest BCUT2D eigenvalue weighted by atomic mass is 19.1. The highest BCUT2D eigenvalue weighted by molar-refractivity contribution is 5.73. The van der Waals surface area contributed by atoms with Crippen molar-refractivity contribution in [2.24, 2.45) is 0 Å². The van der Waals surface area contributed by atoms with Crippen LogP contribution in [0.25, 0.3) is 11.0 Å². The largest absolute Gasteiger partial charge is 0.491 e. The quantitative estimate of drug-likeness (QED) is 0.641. The number of piperidine rings is 1. The molecule has 0 bridgehead atoms. The Morgan fingerprint density at radius 1 is 1.17 bits per heavy atom. The summed E-state index contributed by atoms with van der Waals surface area (Å²) in [6.07, 6.45) is 5.34. The first kappa shape index (κ1) is 20.4. The van der Waals surface area contributed by atoms with Gasteiger partial charge in [-0.15, -0.1) is 0 Å². The summed E-state index contributed by atoms with van der Waals surface area (Å²) in [5.41, 5.74) is 2.17. The predicted octanol–water partition coefficient (Wildman–Crippen LogP) is 3.50. The summed E-state index contributed by atoms with van der Waals surface area (Å²) < 4.78 is 27.5. The second kappa shape index (κ2) is 8.87. The highest BCUT2D eigenvalue weighted by Crippen LogP contribution is 2.31. The van der Waals surface area contributed by atoms with Crippen LogP contribution in [0.5, 0.6) is 11.5 Å². The molecule has 7 nitrogen and oxygen atoms in total. The van der Waals surface area contributed by atoms with Gasteiger partial charge in [-0.25, -0.2) is 4.98 Å². The average molecular weight is 414 g/mol. The van der Waals surface area contributed by atoms with Gasteiger partial charge in [0.2, 0.25) is 5.82 Å². The van der Waals surface area contributed by atoms with Crippen LogP contribution in [0.3, 0.4) is 0 Å². The zero-order valence-corrected chi connectivity index (χ0v) is 17.4. The molecule has 3 aromatic rings. The number of aromatic amines is 1. The summed E-state index contributed by atoms with van der Waals surface area (Å²) in [5, 5.41) is 0. The zero-order chi connectivity index (χ0) is 21.1. The number of nitrogens with zero attached hydrogens (tertiary/aromatic N) is 3. The molecule has 1 saturated heterocycles. The standard InChI is InChI=1S/C22H27FN4O3/c1-3-29-18-11-15(12-19(20(18)23)30-4-2)13-26-9-6-16(7-10-26)27-14-25-21-17(27)5-8-24-22(21)28/h5,8,11-12,14,16H,3-4,6-7,9-10,13H2,1-2H3,(H,24,28). The van der Waals surface area contributed by atoms with Crippen LogP contribution in [-0.4, -0.2) is 45.7 Å². The number of benzene rings is 1. The van der Waals surface area contributed by atoms with Gasteiger partial charge in [-0.2, -0.15) is 4.39 Å². The van der Waals surface area contributed by atoms with Gasteiger partial charge in [0.15, 0.2) is 17.0 Å². The van der Waals surface area contributed by atoms with Crippen molar-refractivity contribution in [3.63, 3.8) is 0 Å². The highest BCUT2D eigenvalue weighted by Gasteiger charge is 2.23. The Balaban J connectivity index is 1.46. The Bertz CT molecular complexity index is 1040. The van der Waals surface area contributed by atoms with E-state index >= 15 is 0 Å². The summed E-state index contributed by atoms with van der Waals surface area (Å²) >= 11 is 0. The Kier molecular flexibility index (Phi) is 6.03. The van der Waals surface area contributed by atoms with Crippen LogP contribution in [0.15, 0.2) is 35.5 Å². The molecule has 1 fully saturated rings. The molecule has 1 N–H and O–H groups in total. The number of aromatic nitrogens is 3. The summed E-state index contributed by atoms with van der Waals surface area (Å²) in [6.45, 7) is 6.99. The van der Waals surface area contributed by atoms with Gasteiger partial charge in [0, 0.05) is 31.9 Å². The molecule has 0 atom stereocenters. The zero-order valence-electron chi connectivity index (χ0n) is 17.4. The number of ether oxygens (including phenoxy) is 2. The summed E-state index contributed by atoms with van der Waals surface area (Å²) in [4.78, 5) is 21.2. The molecule has 8 heteroatoms. The minimum atomic E-state index is -0.442. The molecule has 0 radical (unpaired) electrons. The fraction of sp³-hybridized carbons (Fsp3) is 0.455. The number of halogens is 1. The van der Waals surface area contributed by atoms with Crippen LogP contribution in [-0.2, 0) is 6.54 Å². The number of hydrogen-bond acceptors (Lipinski definition) is 5. The minimum Gasteiger partial charge on any atom is -0.491 e. The number of likely N-dealkylation sites (tertiary alicyclic amines) is 1. The van der Waals surface area contributed by atoms with Crippen molar-refractivity contribution in [2.75, 3.05) is 26.3 Å². The molecular formula is C22H27FN4O3. The van der Waals surface area contributed by atoms with E-state index in [1.165, 1.54) is 0 Å². The van der Waals surface area contributed by atoms with Crippen molar-refractivity contribution in [3.8, 4) is 11.5 Å². The number of nitrogens with one attached hydrogen (secondary N) is 1. The van der Waals surface area contributed by atoms with E-state index < -0.39 is 5.82 Å². The third-order valence-corrected chi connectivity index (χ3v) is 5.52. The van der Waals surface area contributed by atoms with E-state index in [1.807, 2.05) is 19.9 Å². The van der Waals surface area contributed by atoms with E-state index in [1.54, 1.807) is 24.7 Å². The number of H-pyrrole nitrogens is 1. The lowest BCUT2D eigenvalue weighted by molar-refractivity contribution is 0.180. The molecule has 160 valence electrons. The van der Waals surface area contributed by atoms with E-state index in [0.717, 1.165) is 37.0 Å². The monoisotopic (exact) mass is 414 g/mol. The molecule has 30 heavy (non-hydrogen) atoms. The maximum atomic E-state index is 14.5. The summed E-state index contributed by atoms with van der Waals surface area (Å²) in [7, 11) is 0. The van der Waals surface area contributed by atoms with Crippen LogP contribution in [0.4, 0.5) is 4.39 Å². The molecule has 0 amide bonds. The lowest BCUT2D eigenvalue weighted by Crippen LogP contribution is -2.34. The lowest BCUT2D eigenvalue weighted by Gasteiger charge is -2.33. The molecule has 1 aromatic carbocycles. The third-order valence-electron chi connectivity index (χ3n) is 5.52. The Labute approximate surface area is 174 Å². The molecule has 3 heterocycles. The fourth-order valence-electron chi connectivity index (χ4n) is 4.12. The molecule has 1 aliphatic rings. The van der Waals surface area contributed by atoms with Crippen LogP contribution >= 0.6 is 0 Å². The molecule has 4 rings (SSSR count). The Morgan fingerprint density at radius 3 is 2.47 bits per heavy atom. The van der Waals surface area contributed by atoms with Crippen molar-refractivity contribution >= 4 is 11.0 Å². The smallest absolute Gasteiger partial charge is 0.276 e. The fourth-order valence-corrected chi connectivity index (χ4v) is 4.12. The number of fused-ring (bicyclic) bond motifs is 1. The van der Waals surface area contributed by atoms with Crippen molar-refractivity contribution in [2.45, 2.75) is 39.3 Å². The maximum Gasteiger partial charge on any atom is 0.276 e. The molecular weight excluding hydrogens is 387 g/mol. The van der Waals surface area contributed by atoms with Crippen molar-refractivity contribution in [3.05, 3.63) is 52.5 Å². The van der Waals surface area contributed by atoms with Gasteiger partial charge in [0.25, 0.3) is 5.56 Å². The lowest BCUT2D eigenvalue weighted by atomic mass is 10.0. The third kappa shape index (κ3) is 4.05.